The molecule has 0 saturated heterocycles. The van der Waals surface area contributed by atoms with E-state index < -0.39 is 0 Å². The van der Waals surface area contributed by atoms with E-state index >= 15 is 0 Å². The van der Waals surface area contributed by atoms with E-state index in [2.05, 4.69) is 24.0 Å². The van der Waals surface area contributed by atoms with Crippen LogP contribution in [0.2, 0.25) is 0 Å². The Bertz CT molecular complexity index is 919. The maximum Gasteiger partial charge on any atom is 0.262 e. The summed E-state index contributed by atoms with van der Waals surface area (Å²) in [4.78, 5) is 22.0. The van der Waals surface area contributed by atoms with Gasteiger partial charge in [0.1, 0.15) is 0 Å². The number of fused-ring (bicyclic) bond motifs is 1. The van der Waals surface area contributed by atoms with Crippen molar-refractivity contribution in [2.24, 2.45) is 0 Å². The third kappa shape index (κ3) is 4.33. The van der Waals surface area contributed by atoms with Gasteiger partial charge in [-0.2, -0.15) is 4.98 Å². The zero-order valence-corrected chi connectivity index (χ0v) is 16.1. The fourth-order valence-corrected chi connectivity index (χ4v) is 3.55. The number of rotatable bonds is 9. The van der Waals surface area contributed by atoms with Gasteiger partial charge in [0.2, 0.25) is 5.89 Å². The molecule has 7 heteroatoms. The summed E-state index contributed by atoms with van der Waals surface area (Å²) in [5.41, 5.74) is 0.739. The first-order valence-corrected chi connectivity index (χ1v) is 10.1. The Labute approximate surface area is 157 Å². The van der Waals surface area contributed by atoms with Crippen molar-refractivity contribution in [1.82, 2.24) is 19.7 Å². The third-order valence-corrected chi connectivity index (χ3v) is 5.11. The summed E-state index contributed by atoms with van der Waals surface area (Å²) in [6.45, 7) is 4.92. The standard InChI is InChI=1S/C19H24N4O2S/c1-3-5-11-16-21-17(25-22-16)13-26-19-20-15-10-8-7-9-14(15)18(24)23(19)12-6-4-2/h7-10H,3-6,11-13H2,1-2H3. The van der Waals surface area contributed by atoms with Crippen LogP contribution in [0.5, 0.6) is 0 Å². The zero-order valence-electron chi connectivity index (χ0n) is 15.3. The quantitative estimate of drug-likeness (QED) is 0.414. The van der Waals surface area contributed by atoms with E-state index in [0.717, 1.165) is 43.4 Å². The molecular formula is C19H24N4O2S. The molecule has 0 fully saturated rings. The first-order valence-electron chi connectivity index (χ1n) is 9.16. The highest BCUT2D eigenvalue weighted by atomic mass is 32.2. The lowest BCUT2D eigenvalue weighted by molar-refractivity contribution is 0.384. The molecule has 0 spiro atoms. The normalized spacial score (nSPS) is 11.3. The van der Waals surface area contributed by atoms with E-state index in [-0.39, 0.29) is 5.56 Å². The van der Waals surface area contributed by atoms with Crippen molar-refractivity contribution < 1.29 is 4.52 Å². The number of thioether (sulfide) groups is 1. The smallest absolute Gasteiger partial charge is 0.262 e. The van der Waals surface area contributed by atoms with Crippen LogP contribution < -0.4 is 5.56 Å². The van der Waals surface area contributed by atoms with E-state index in [1.54, 1.807) is 4.57 Å². The van der Waals surface area contributed by atoms with E-state index in [1.807, 2.05) is 24.3 Å². The number of nitrogens with zero attached hydrogens (tertiary/aromatic N) is 4. The lowest BCUT2D eigenvalue weighted by Gasteiger charge is -2.12. The lowest BCUT2D eigenvalue weighted by atomic mass is 10.2. The number of aryl methyl sites for hydroxylation is 1. The van der Waals surface area contributed by atoms with Gasteiger partial charge in [-0.05, 0) is 25.0 Å². The molecule has 2 aromatic heterocycles. The highest BCUT2D eigenvalue weighted by Gasteiger charge is 2.13. The van der Waals surface area contributed by atoms with E-state index in [4.69, 9.17) is 9.51 Å². The summed E-state index contributed by atoms with van der Waals surface area (Å²) in [7, 11) is 0. The Hall–Kier alpha value is -2.15. The molecule has 0 amide bonds. The number of unbranched alkanes of at least 4 members (excludes halogenated alkanes) is 2. The molecule has 0 atom stereocenters. The minimum atomic E-state index is 0.0145. The van der Waals surface area contributed by atoms with Gasteiger partial charge < -0.3 is 4.52 Å². The zero-order chi connectivity index (χ0) is 18.4. The molecule has 138 valence electrons. The number of hydrogen-bond donors (Lipinski definition) is 0. The SMILES string of the molecule is CCCCc1noc(CSc2nc3ccccc3c(=O)n2CCCC)n1. The van der Waals surface area contributed by atoms with Crippen molar-refractivity contribution in [1.29, 1.82) is 0 Å². The van der Waals surface area contributed by atoms with E-state index in [0.29, 0.717) is 28.7 Å². The first kappa shape index (κ1) is 18.6. The van der Waals surface area contributed by atoms with Gasteiger partial charge >= 0.3 is 0 Å². The molecule has 0 saturated carbocycles. The van der Waals surface area contributed by atoms with Crippen LogP contribution >= 0.6 is 11.8 Å². The largest absolute Gasteiger partial charge is 0.338 e. The predicted octanol–water partition coefficient (Wildman–Crippen LogP) is 4.21. The van der Waals surface area contributed by atoms with E-state index in [1.165, 1.54) is 11.8 Å². The van der Waals surface area contributed by atoms with Gasteiger partial charge in [0.25, 0.3) is 5.56 Å². The van der Waals surface area contributed by atoms with Crippen molar-refractivity contribution in [2.75, 3.05) is 0 Å². The lowest BCUT2D eigenvalue weighted by Crippen LogP contribution is -2.23. The highest BCUT2D eigenvalue weighted by molar-refractivity contribution is 7.98. The van der Waals surface area contributed by atoms with Gasteiger partial charge in [0.15, 0.2) is 11.0 Å². The Balaban J connectivity index is 1.83. The molecule has 26 heavy (non-hydrogen) atoms. The van der Waals surface area contributed by atoms with Gasteiger partial charge in [-0.3, -0.25) is 9.36 Å². The summed E-state index contributed by atoms with van der Waals surface area (Å²) < 4.78 is 7.09. The fourth-order valence-electron chi connectivity index (χ4n) is 2.68. The molecule has 0 N–H and O–H groups in total. The average Bonchev–Trinajstić information content (AvgIpc) is 3.12. The Morgan fingerprint density at radius 2 is 1.92 bits per heavy atom. The number of hydrogen-bond acceptors (Lipinski definition) is 6. The minimum Gasteiger partial charge on any atom is -0.338 e. The van der Waals surface area contributed by atoms with Crippen LogP contribution in [0.4, 0.5) is 0 Å². The number of aromatic nitrogens is 4. The predicted molar refractivity (Wildman–Crippen MR) is 103 cm³/mol. The van der Waals surface area contributed by atoms with Gasteiger partial charge in [-0.15, -0.1) is 0 Å². The van der Waals surface area contributed by atoms with Crippen LogP contribution in [0.25, 0.3) is 10.9 Å². The molecule has 1 aromatic carbocycles. The van der Waals surface area contributed by atoms with Crippen molar-refractivity contribution in [2.45, 2.75) is 63.4 Å². The maximum absolute atomic E-state index is 12.8. The molecule has 0 aliphatic rings. The molecule has 0 radical (unpaired) electrons. The second kappa shape index (κ2) is 8.98. The molecule has 3 aromatic rings. The van der Waals surface area contributed by atoms with Crippen molar-refractivity contribution in [3.8, 4) is 0 Å². The van der Waals surface area contributed by atoms with Crippen LogP contribution in [0.15, 0.2) is 38.7 Å². The van der Waals surface area contributed by atoms with Crippen molar-refractivity contribution in [3.63, 3.8) is 0 Å². The van der Waals surface area contributed by atoms with Gasteiger partial charge in [-0.1, -0.05) is 55.7 Å². The topological polar surface area (TPSA) is 73.8 Å². The summed E-state index contributed by atoms with van der Waals surface area (Å²) in [5.74, 6) is 1.83. The second-order valence-electron chi connectivity index (χ2n) is 6.22. The minimum absolute atomic E-state index is 0.0145. The first-order chi connectivity index (χ1) is 12.7. The van der Waals surface area contributed by atoms with Crippen LogP contribution in [0, 0.1) is 0 Å². The van der Waals surface area contributed by atoms with E-state index in [9.17, 15) is 4.79 Å². The molecule has 6 nitrogen and oxygen atoms in total. The molecule has 0 unspecified atom stereocenters. The summed E-state index contributed by atoms with van der Waals surface area (Å²) >= 11 is 1.47. The van der Waals surface area contributed by atoms with Crippen molar-refractivity contribution in [3.05, 3.63) is 46.3 Å². The Kier molecular flexibility index (Phi) is 6.44. The monoisotopic (exact) mass is 372 g/mol. The molecule has 0 bridgehead atoms. The highest BCUT2D eigenvalue weighted by Crippen LogP contribution is 2.22. The van der Waals surface area contributed by atoms with Gasteiger partial charge in [0, 0.05) is 13.0 Å². The summed E-state index contributed by atoms with van der Waals surface area (Å²) in [6, 6.07) is 7.48. The average molecular weight is 372 g/mol. The third-order valence-electron chi connectivity index (χ3n) is 4.15. The summed E-state index contributed by atoms with van der Waals surface area (Å²) in [5, 5.41) is 5.38. The maximum atomic E-state index is 12.8. The van der Waals surface area contributed by atoms with Gasteiger partial charge in [-0.25, -0.2) is 4.98 Å². The Morgan fingerprint density at radius 3 is 2.73 bits per heavy atom. The second-order valence-corrected chi connectivity index (χ2v) is 7.16. The molecule has 0 aliphatic heterocycles. The molecule has 0 aliphatic carbocycles. The molecule has 2 heterocycles. The molecule has 3 rings (SSSR count). The van der Waals surface area contributed by atoms with Crippen LogP contribution in [-0.4, -0.2) is 19.7 Å². The Morgan fingerprint density at radius 1 is 1.12 bits per heavy atom. The van der Waals surface area contributed by atoms with Gasteiger partial charge in [0.05, 0.1) is 16.7 Å². The van der Waals surface area contributed by atoms with Crippen LogP contribution in [0.3, 0.4) is 0 Å². The number of para-hydroxylation sites is 1. The van der Waals surface area contributed by atoms with Crippen LogP contribution in [0.1, 0.15) is 51.2 Å². The molecular weight excluding hydrogens is 348 g/mol. The number of benzene rings is 1. The van der Waals surface area contributed by atoms with Crippen molar-refractivity contribution >= 4 is 22.7 Å². The fraction of sp³-hybridized carbons (Fsp3) is 0.474. The summed E-state index contributed by atoms with van der Waals surface area (Å²) in [6.07, 6.45) is 4.95. The van der Waals surface area contributed by atoms with Crippen LogP contribution in [-0.2, 0) is 18.7 Å².